The van der Waals surface area contributed by atoms with Gasteiger partial charge in [-0.2, -0.15) is 0 Å². The van der Waals surface area contributed by atoms with E-state index in [4.69, 9.17) is 4.74 Å². The quantitative estimate of drug-likeness (QED) is 0.655. The maximum atomic E-state index is 12.5. The van der Waals surface area contributed by atoms with Crippen LogP contribution in [0.4, 0.5) is 0 Å². The second-order valence-electron chi connectivity index (χ2n) is 6.61. The summed E-state index contributed by atoms with van der Waals surface area (Å²) in [5, 5.41) is 3.10. The Bertz CT molecular complexity index is 855. The van der Waals surface area contributed by atoms with Gasteiger partial charge < -0.3 is 10.1 Å². The summed E-state index contributed by atoms with van der Waals surface area (Å²) in [7, 11) is 0. The molecule has 0 bridgehead atoms. The largest absolute Gasteiger partial charge is 0.484 e. The molecule has 0 spiro atoms. The molecule has 0 aromatic heterocycles. The van der Waals surface area contributed by atoms with E-state index in [9.17, 15) is 4.79 Å². The maximum Gasteiger partial charge on any atom is 0.258 e. The molecule has 0 saturated carbocycles. The van der Waals surface area contributed by atoms with Crippen LogP contribution < -0.4 is 10.1 Å². The molecule has 0 fully saturated rings. The molecule has 0 aliphatic carbocycles. The van der Waals surface area contributed by atoms with E-state index >= 15 is 0 Å². The van der Waals surface area contributed by atoms with Crippen molar-refractivity contribution in [2.75, 3.05) is 6.61 Å². The zero-order valence-corrected chi connectivity index (χ0v) is 15.8. The zero-order valence-electron chi connectivity index (χ0n) is 15.8. The number of amides is 1. The smallest absolute Gasteiger partial charge is 0.258 e. The van der Waals surface area contributed by atoms with Crippen LogP contribution in [0.5, 0.6) is 5.75 Å². The van der Waals surface area contributed by atoms with Crippen LogP contribution in [0.25, 0.3) is 0 Å². The molecule has 1 amide bonds. The van der Waals surface area contributed by atoms with E-state index in [1.807, 2.05) is 54.6 Å². The van der Waals surface area contributed by atoms with Gasteiger partial charge in [-0.3, -0.25) is 4.79 Å². The molecule has 1 N–H and O–H groups in total. The number of aryl methyl sites for hydroxylation is 2. The molecule has 0 saturated heterocycles. The lowest BCUT2D eigenvalue weighted by atomic mass is 9.98. The fourth-order valence-corrected chi connectivity index (χ4v) is 2.94. The van der Waals surface area contributed by atoms with Crippen LogP contribution in [0.15, 0.2) is 78.9 Å². The van der Waals surface area contributed by atoms with Crippen molar-refractivity contribution in [2.24, 2.45) is 0 Å². The Morgan fingerprint density at radius 2 is 1.52 bits per heavy atom. The summed E-state index contributed by atoms with van der Waals surface area (Å²) in [6.45, 7) is 4.15. The van der Waals surface area contributed by atoms with Crippen molar-refractivity contribution < 1.29 is 9.53 Å². The maximum absolute atomic E-state index is 12.5. The summed E-state index contributed by atoms with van der Waals surface area (Å²) in [4.78, 5) is 12.5. The summed E-state index contributed by atoms with van der Waals surface area (Å²) in [5.74, 6) is 0.554. The van der Waals surface area contributed by atoms with Crippen molar-refractivity contribution in [1.29, 1.82) is 0 Å². The van der Waals surface area contributed by atoms with E-state index in [0.29, 0.717) is 5.75 Å². The third kappa shape index (κ3) is 5.20. The third-order valence-electron chi connectivity index (χ3n) is 4.55. The summed E-state index contributed by atoms with van der Waals surface area (Å²) in [6, 6.07) is 25.8. The van der Waals surface area contributed by atoms with E-state index in [0.717, 1.165) is 17.5 Å². The second kappa shape index (κ2) is 9.04. The predicted octanol–water partition coefficient (Wildman–Crippen LogP) is 4.84. The topological polar surface area (TPSA) is 38.3 Å². The van der Waals surface area contributed by atoms with Gasteiger partial charge in [-0.25, -0.2) is 0 Å². The van der Waals surface area contributed by atoms with E-state index in [-0.39, 0.29) is 18.6 Å². The van der Waals surface area contributed by atoms with Crippen molar-refractivity contribution in [3.8, 4) is 5.75 Å². The van der Waals surface area contributed by atoms with Crippen molar-refractivity contribution in [1.82, 2.24) is 5.32 Å². The van der Waals surface area contributed by atoms with Crippen LogP contribution in [0.3, 0.4) is 0 Å². The Kier molecular flexibility index (Phi) is 6.26. The number of hydrogen-bond acceptors (Lipinski definition) is 2. The van der Waals surface area contributed by atoms with Gasteiger partial charge in [0.25, 0.3) is 5.91 Å². The monoisotopic (exact) mass is 359 g/mol. The molecular weight excluding hydrogens is 334 g/mol. The summed E-state index contributed by atoms with van der Waals surface area (Å²) in [6.07, 6.45) is 0.982. The van der Waals surface area contributed by atoms with Crippen LogP contribution in [-0.4, -0.2) is 12.5 Å². The van der Waals surface area contributed by atoms with E-state index < -0.39 is 0 Å². The fraction of sp³-hybridized carbons (Fsp3) is 0.208. The van der Waals surface area contributed by atoms with Gasteiger partial charge in [0.15, 0.2) is 6.61 Å². The zero-order chi connectivity index (χ0) is 19.1. The van der Waals surface area contributed by atoms with Crippen LogP contribution in [0, 0.1) is 6.92 Å². The third-order valence-corrected chi connectivity index (χ3v) is 4.55. The molecule has 0 radical (unpaired) electrons. The molecule has 27 heavy (non-hydrogen) atoms. The molecule has 1 atom stereocenters. The molecule has 3 aromatic rings. The highest BCUT2D eigenvalue weighted by molar-refractivity contribution is 5.78. The Labute approximate surface area is 161 Å². The number of benzene rings is 3. The predicted molar refractivity (Wildman–Crippen MR) is 109 cm³/mol. The second-order valence-corrected chi connectivity index (χ2v) is 6.61. The normalized spacial score (nSPS) is 11.6. The Hall–Kier alpha value is -3.07. The van der Waals surface area contributed by atoms with Gasteiger partial charge in [0.2, 0.25) is 0 Å². The number of carbonyl (C=O) groups excluding carboxylic acids is 1. The minimum absolute atomic E-state index is 0.0132. The van der Waals surface area contributed by atoms with Gasteiger partial charge in [0.1, 0.15) is 5.75 Å². The van der Waals surface area contributed by atoms with Gasteiger partial charge in [-0.15, -0.1) is 0 Å². The van der Waals surface area contributed by atoms with Crippen LogP contribution in [0.1, 0.15) is 35.2 Å². The summed E-state index contributed by atoms with van der Waals surface area (Å²) < 4.78 is 5.65. The molecule has 0 aliphatic rings. The molecule has 3 nitrogen and oxygen atoms in total. The SMILES string of the molecule is CCc1ccc(OCC(=O)N[C@H](c2ccccc2)c2ccc(C)cc2)cc1. The lowest BCUT2D eigenvalue weighted by molar-refractivity contribution is -0.123. The molecule has 3 heteroatoms. The Balaban J connectivity index is 1.69. The van der Waals surface area contributed by atoms with Crippen molar-refractivity contribution in [3.05, 3.63) is 101 Å². The molecular formula is C24H25NO2. The van der Waals surface area contributed by atoms with Gasteiger partial charge in [-0.05, 0) is 42.2 Å². The number of carbonyl (C=O) groups is 1. The first-order chi connectivity index (χ1) is 13.2. The number of rotatable bonds is 7. The van der Waals surface area contributed by atoms with Gasteiger partial charge in [-0.1, -0.05) is 79.2 Å². The van der Waals surface area contributed by atoms with Gasteiger partial charge >= 0.3 is 0 Å². The molecule has 3 rings (SSSR count). The molecule has 138 valence electrons. The first kappa shape index (κ1) is 18.7. The number of hydrogen-bond donors (Lipinski definition) is 1. The van der Waals surface area contributed by atoms with Gasteiger partial charge in [0.05, 0.1) is 6.04 Å². The minimum Gasteiger partial charge on any atom is -0.484 e. The fourth-order valence-electron chi connectivity index (χ4n) is 2.94. The van der Waals surface area contributed by atoms with Crippen LogP contribution in [0.2, 0.25) is 0 Å². The van der Waals surface area contributed by atoms with Crippen molar-refractivity contribution in [3.63, 3.8) is 0 Å². The molecule has 0 heterocycles. The van der Waals surface area contributed by atoms with Gasteiger partial charge in [0, 0.05) is 0 Å². The number of ether oxygens (including phenoxy) is 1. The highest BCUT2D eigenvalue weighted by atomic mass is 16.5. The Morgan fingerprint density at radius 3 is 2.15 bits per heavy atom. The Morgan fingerprint density at radius 1 is 0.889 bits per heavy atom. The summed E-state index contributed by atoms with van der Waals surface area (Å²) >= 11 is 0. The highest BCUT2D eigenvalue weighted by Crippen LogP contribution is 2.22. The lowest BCUT2D eigenvalue weighted by Gasteiger charge is -2.20. The standard InChI is InChI=1S/C24H25NO2/c1-3-19-11-15-22(16-12-19)27-17-23(26)25-24(20-7-5-4-6-8-20)21-13-9-18(2)10-14-21/h4-16,24H,3,17H2,1-2H3,(H,25,26)/t24-/m1/s1. The minimum atomic E-state index is -0.203. The highest BCUT2D eigenvalue weighted by Gasteiger charge is 2.17. The first-order valence-electron chi connectivity index (χ1n) is 9.28. The van der Waals surface area contributed by atoms with Crippen LogP contribution in [-0.2, 0) is 11.2 Å². The lowest BCUT2D eigenvalue weighted by Crippen LogP contribution is -2.33. The molecule has 3 aromatic carbocycles. The molecule has 0 aliphatic heterocycles. The number of nitrogens with one attached hydrogen (secondary N) is 1. The average molecular weight is 359 g/mol. The van der Waals surface area contributed by atoms with E-state index in [2.05, 4.69) is 43.4 Å². The average Bonchev–Trinajstić information content (AvgIpc) is 2.72. The van der Waals surface area contributed by atoms with Crippen molar-refractivity contribution >= 4 is 5.91 Å². The van der Waals surface area contributed by atoms with Crippen LogP contribution >= 0.6 is 0 Å². The van der Waals surface area contributed by atoms with E-state index in [1.54, 1.807) is 0 Å². The first-order valence-corrected chi connectivity index (χ1v) is 9.28. The van der Waals surface area contributed by atoms with Crippen molar-refractivity contribution in [2.45, 2.75) is 26.3 Å². The van der Waals surface area contributed by atoms with E-state index in [1.165, 1.54) is 11.1 Å². The molecule has 0 unspecified atom stereocenters. The summed E-state index contributed by atoms with van der Waals surface area (Å²) in [5.41, 5.74) is 4.53.